The molecule has 0 saturated heterocycles. The Morgan fingerprint density at radius 2 is 2.38 bits per heavy atom. The van der Waals surface area contributed by atoms with Crippen molar-refractivity contribution in [2.24, 2.45) is 5.73 Å². The third-order valence-corrected chi connectivity index (χ3v) is 4.35. The minimum Gasteiger partial charge on any atom is -0.444 e. The van der Waals surface area contributed by atoms with Gasteiger partial charge in [-0.25, -0.2) is 4.68 Å². The Balaban J connectivity index is 2.14. The van der Waals surface area contributed by atoms with Crippen LogP contribution in [0.5, 0.6) is 0 Å². The minimum absolute atomic E-state index is 0.00156. The Bertz CT molecular complexity index is 769. The van der Waals surface area contributed by atoms with Crippen molar-refractivity contribution in [3.63, 3.8) is 0 Å². The van der Waals surface area contributed by atoms with Crippen molar-refractivity contribution in [1.29, 1.82) is 5.26 Å². The van der Waals surface area contributed by atoms with Crippen LogP contribution in [-0.2, 0) is 14.3 Å². The molecule has 7 nitrogen and oxygen atoms in total. The number of ether oxygens (including phenoxy) is 2. The van der Waals surface area contributed by atoms with E-state index in [2.05, 4.69) is 11.2 Å². The van der Waals surface area contributed by atoms with Gasteiger partial charge in [0.2, 0.25) is 5.88 Å². The van der Waals surface area contributed by atoms with Crippen LogP contribution >= 0.6 is 0 Å². The highest BCUT2D eigenvalue weighted by atomic mass is 16.5. The highest BCUT2D eigenvalue weighted by Crippen LogP contribution is 2.43. The molecule has 126 valence electrons. The molecule has 2 aliphatic rings. The Labute approximate surface area is 140 Å². The second-order valence-electron chi connectivity index (χ2n) is 5.79. The quantitative estimate of drug-likeness (QED) is 0.909. The third kappa shape index (κ3) is 2.59. The van der Waals surface area contributed by atoms with Gasteiger partial charge < -0.3 is 15.2 Å². The molecule has 7 heteroatoms. The third-order valence-electron chi connectivity index (χ3n) is 4.35. The Morgan fingerprint density at radius 1 is 1.58 bits per heavy atom. The highest BCUT2D eigenvalue weighted by molar-refractivity contribution is 5.99. The van der Waals surface area contributed by atoms with Crippen LogP contribution in [0.25, 0.3) is 0 Å². The number of rotatable bonds is 4. The summed E-state index contributed by atoms with van der Waals surface area (Å²) >= 11 is 0. The number of carbonyl (C=O) groups excluding carboxylic acids is 1. The van der Waals surface area contributed by atoms with E-state index in [-0.39, 0.29) is 23.5 Å². The summed E-state index contributed by atoms with van der Waals surface area (Å²) in [6, 6.07) is 3.90. The number of nitriles is 1. The van der Waals surface area contributed by atoms with Gasteiger partial charge in [0.05, 0.1) is 11.6 Å². The van der Waals surface area contributed by atoms with E-state index in [0.717, 1.165) is 6.42 Å². The first kappa shape index (κ1) is 16.3. The highest BCUT2D eigenvalue weighted by Gasteiger charge is 2.39. The topological polar surface area (TPSA) is 103 Å². The molecule has 2 N–H and O–H groups in total. The van der Waals surface area contributed by atoms with Gasteiger partial charge in [0.25, 0.3) is 0 Å². The van der Waals surface area contributed by atoms with E-state index < -0.39 is 5.92 Å². The lowest BCUT2D eigenvalue weighted by molar-refractivity contribution is -0.116. The lowest BCUT2D eigenvalue weighted by Crippen LogP contribution is -2.29. The first-order chi connectivity index (χ1) is 11.6. The number of aromatic nitrogens is 2. The maximum Gasteiger partial charge on any atom is 0.205 e. The summed E-state index contributed by atoms with van der Waals surface area (Å²) in [4.78, 5) is 12.5. The summed E-state index contributed by atoms with van der Waals surface area (Å²) in [5.41, 5.74) is 7.43. The summed E-state index contributed by atoms with van der Waals surface area (Å²) in [5, 5.41) is 13.9. The second kappa shape index (κ2) is 6.49. The van der Waals surface area contributed by atoms with Gasteiger partial charge in [-0.3, -0.25) is 4.79 Å². The zero-order valence-electron chi connectivity index (χ0n) is 13.8. The molecule has 3 rings (SSSR count). The average Bonchev–Trinajstić information content (AvgIpc) is 3.03. The molecule has 0 aromatic carbocycles. The van der Waals surface area contributed by atoms with Crippen LogP contribution in [0.4, 0.5) is 0 Å². The summed E-state index contributed by atoms with van der Waals surface area (Å²) in [7, 11) is 0. The smallest absolute Gasteiger partial charge is 0.205 e. The second-order valence-corrected chi connectivity index (χ2v) is 5.79. The standard InChI is InChI=1S/C17H20N4O3/c1-3-23-10(2)21-12(7-8-20-21)15-11(9-18)17(19)24-14-6-4-5-13(22)16(14)15/h7-8,10,15H,3-6,19H2,1-2H3/t10-,15+/m1/s1. The molecular formula is C17H20N4O3. The van der Waals surface area contributed by atoms with Gasteiger partial charge >= 0.3 is 0 Å². The van der Waals surface area contributed by atoms with E-state index in [1.54, 1.807) is 16.9 Å². The van der Waals surface area contributed by atoms with E-state index >= 15 is 0 Å². The molecule has 1 aromatic rings. The van der Waals surface area contributed by atoms with E-state index in [1.807, 2.05) is 13.8 Å². The number of nitrogens with two attached hydrogens (primary N) is 1. The van der Waals surface area contributed by atoms with Crippen LogP contribution in [0.2, 0.25) is 0 Å². The minimum atomic E-state index is -0.558. The first-order valence-electron chi connectivity index (χ1n) is 8.07. The average molecular weight is 328 g/mol. The SMILES string of the molecule is CCO[C@H](C)n1nccc1[C@@H]1C(C#N)=C(N)OC2=C1C(=O)CCC2. The van der Waals surface area contributed by atoms with Crippen molar-refractivity contribution in [1.82, 2.24) is 9.78 Å². The van der Waals surface area contributed by atoms with Crippen molar-refractivity contribution in [3.8, 4) is 6.07 Å². The Morgan fingerprint density at radius 3 is 3.08 bits per heavy atom. The molecule has 0 saturated carbocycles. The zero-order valence-corrected chi connectivity index (χ0v) is 13.8. The predicted octanol–water partition coefficient (Wildman–Crippen LogP) is 2.25. The molecule has 2 heterocycles. The Kier molecular flexibility index (Phi) is 4.40. The number of hydrogen-bond donors (Lipinski definition) is 1. The number of nitrogens with zero attached hydrogens (tertiary/aromatic N) is 3. The largest absolute Gasteiger partial charge is 0.444 e. The van der Waals surface area contributed by atoms with Gasteiger partial charge in [0.1, 0.15) is 23.6 Å². The number of allylic oxidation sites excluding steroid dienone is 3. The molecule has 0 spiro atoms. The predicted molar refractivity (Wildman–Crippen MR) is 85.1 cm³/mol. The van der Waals surface area contributed by atoms with Crippen molar-refractivity contribution in [2.45, 2.75) is 45.3 Å². The van der Waals surface area contributed by atoms with Gasteiger partial charge in [-0.1, -0.05) is 0 Å². The van der Waals surface area contributed by atoms with E-state index in [0.29, 0.717) is 36.5 Å². The van der Waals surface area contributed by atoms with Gasteiger partial charge in [-0.15, -0.1) is 0 Å². The van der Waals surface area contributed by atoms with Gasteiger partial charge in [0.15, 0.2) is 5.78 Å². The van der Waals surface area contributed by atoms with E-state index in [4.69, 9.17) is 15.2 Å². The summed E-state index contributed by atoms with van der Waals surface area (Å²) in [6.07, 6.45) is 3.15. The van der Waals surface area contributed by atoms with Crippen LogP contribution < -0.4 is 5.73 Å². The molecule has 24 heavy (non-hydrogen) atoms. The lowest BCUT2D eigenvalue weighted by atomic mass is 9.79. The molecular weight excluding hydrogens is 308 g/mol. The zero-order chi connectivity index (χ0) is 17.3. The summed E-state index contributed by atoms with van der Waals surface area (Å²) in [6.45, 7) is 4.30. The van der Waals surface area contributed by atoms with Crippen LogP contribution in [0, 0.1) is 11.3 Å². The fourth-order valence-electron chi connectivity index (χ4n) is 3.32. The summed E-state index contributed by atoms with van der Waals surface area (Å²) < 4.78 is 12.9. The van der Waals surface area contributed by atoms with Crippen molar-refractivity contribution >= 4 is 5.78 Å². The van der Waals surface area contributed by atoms with Gasteiger partial charge in [0, 0.05) is 31.2 Å². The fraction of sp³-hybridized carbons (Fsp3) is 0.471. The molecule has 0 radical (unpaired) electrons. The van der Waals surface area contributed by atoms with Gasteiger partial charge in [-0.05, 0) is 26.3 Å². The first-order valence-corrected chi connectivity index (χ1v) is 8.07. The number of Topliss-reactive ketones (excluding diaryl/α,β-unsaturated/α-hetero) is 1. The molecule has 0 amide bonds. The molecule has 0 unspecified atom stereocenters. The summed E-state index contributed by atoms with van der Waals surface area (Å²) in [5.74, 6) is 0.0765. The van der Waals surface area contributed by atoms with Crippen molar-refractivity contribution in [2.75, 3.05) is 6.61 Å². The lowest BCUT2D eigenvalue weighted by Gasteiger charge is -2.31. The van der Waals surface area contributed by atoms with Crippen LogP contribution in [0.3, 0.4) is 0 Å². The van der Waals surface area contributed by atoms with Crippen molar-refractivity contribution in [3.05, 3.63) is 40.7 Å². The maximum atomic E-state index is 12.5. The fourth-order valence-corrected chi connectivity index (χ4v) is 3.32. The van der Waals surface area contributed by atoms with Crippen LogP contribution in [0.15, 0.2) is 35.1 Å². The molecule has 0 bridgehead atoms. The number of ketones is 1. The monoisotopic (exact) mass is 328 g/mol. The van der Waals surface area contributed by atoms with E-state index in [9.17, 15) is 10.1 Å². The number of carbonyl (C=O) groups is 1. The van der Waals surface area contributed by atoms with E-state index in [1.165, 1.54) is 0 Å². The van der Waals surface area contributed by atoms with Gasteiger partial charge in [-0.2, -0.15) is 10.4 Å². The molecule has 1 aliphatic heterocycles. The molecule has 1 aromatic heterocycles. The van der Waals surface area contributed by atoms with Crippen LogP contribution in [-0.4, -0.2) is 22.2 Å². The maximum absolute atomic E-state index is 12.5. The Hall–Kier alpha value is -2.59. The van der Waals surface area contributed by atoms with Crippen molar-refractivity contribution < 1.29 is 14.3 Å². The number of hydrogen-bond acceptors (Lipinski definition) is 6. The molecule has 2 atom stereocenters. The molecule has 0 fully saturated rings. The molecule has 1 aliphatic carbocycles. The van der Waals surface area contributed by atoms with Crippen LogP contribution in [0.1, 0.15) is 50.9 Å². The normalized spacial score (nSPS) is 22.0.